The number of hydrogen-bond acceptors (Lipinski definition) is 5. The first-order valence-corrected chi connectivity index (χ1v) is 11.2. The van der Waals surface area contributed by atoms with Gasteiger partial charge in [0.2, 0.25) is 11.8 Å². The zero-order valence-corrected chi connectivity index (χ0v) is 19.6. The topological polar surface area (TPSA) is 99.8 Å². The summed E-state index contributed by atoms with van der Waals surface area (Å²) >= 11 is 5.99. The second-order valence-electron chi connectivity index (χ2n) is 8.11. The van der Waals surface area contributed by atoms with Crippen LogP contribution in [0.25, 0.3) is 0 Å². The third-order valence-corrected chi connectivity index (χ3v) is 5.63. The number of amides is 3. The Morgan fingerprint density at radius 1 is 1.00 bits per heavy atom. The van der Waals surface area contributed by atoms with Crippen LogP contribution >= 0.6 is 11.6 Å². The maximum Gasteiger partial charge on any atom is 0.253 e. The Bertz CT molecular complexity index is 1010. The van der Waals surface area contributed by atoms with Gasteiger partial charge in [0.15, 0.2) is 0 Å². The van der Waals surface area contributed by atoms with Crippen molar-refractivity contribution >= 4 is 40.7 Å². The molecule has 9 heteroatoms. The van der Waals surface area contributed by atoms with Crippen LogP contribution in [0, 0.1) is 0 Å². The Labute approximate surface area is 198 Å². The molecule has 8 nitrogen and oxygen atoms in total. The number of nitrogens with one attached hydrogen (secondary N) is 3. The molecule has 1 saturated carbocycles. The first kappa shape index (κ1) is 24.5. The van der Waals surface area contributed by atoms with Crippen molar-refractivity contribution in [3.8, 4) is 5.75 Å². The van der Waals surface area contributed by atoms with Gasteiger partial charge in [0.25, 0.3) is 5.91 Å². The molecule has 176 valence electrons. The van der Waals surface area contributed by atoms with Gasteiger partial charge in [-0.05, 0) is 50.2 Å². The molecule has 0 radical (unpaired) electrons. The summed E-state index contributed by atoms with van der Waals surface area (Å²) in [5.41, 5.74) is 1.32. The number of carbonyl (C=O) groups excluding carboxylic acids is 3. The minimum absolute atomic E-state index is 0.0209. The summed E-state index contributed by atoms with van der Waals surface area (Å²) in [6.45, 7) is -0.0500. The van der Waals surface area contributed by atoms with E-state index in [1.807, 2.05) is 0 Å². The van der Waals surface area contributed by atoms with Gasteiger partial charge in [0.1, 0.15) is 5.75 Å². The van der Waals surface area contributed by atoms with Gasteiger partial charge in [-0.15, -0.1) is 0 Å². The molecule has 1 aliphatic carbocycles. The van der Waals surface area contributed by atoms with E-state index < -0.39 is 0 Å². The number of methoxy groups -OCH3 is 1. The van der Waals surface area contributed by atoms with Crippen molar-refractivity contribution < 1.29 is 19.1 Å². The van der Waals surface area contributed by atoms with Crippen LogP contribution in [0.15, 0.2) is 42.5 Å². The summed E-state index contributed by atoms with van der Waals surface area (Å²) in [6, 6.07) is 12.0. The van der Waals surface area contributed by atoms with Gasteiger partial charge in [0.05, 0.1) is 37.1 Å². The molecule has 1 fully saturated rings. The van der Waals surface area contributed by atoms with E-state index in [2.05, 4.69) is 16.0 Å². The Kier molecular flexibility index (Phi) is 8.68. The van der Waals surface area contributed by atoms with Crippen molar-refractivity contribution in [2.75, 3.05) is 37.9 Å². The number of para-hydroxylation sites is 1. The van der Waals surface area contributed by atoms with Crippen LogP contribution in [-0.4, -0.2) is 55.9 Å². The molecule has 33 heavy (non-hydrogen) atoms. The minimum Gasteiger partial charge on any atom is -0.495 e. The van der Waals surface area contributed by atoms with E-state index in [-0.39, 0.29) is 36.9 Å². The lowest BCUT2D eigenvalue weighted by Gasteiger charge is -2.18. The lowest BCUT2D eigenvalue weighted by atomic mass is 10.1. The smallest absolute Gasteiger partial charge is 0.253 e. The second kappa shape index (κ2) is 11.7. The van der Waals surface area contributed by atoms with Gasteiger partial charge in [-0.1, -0.05) is 36.6 Å². The number of hydrogen-bond donors (Lipinski definition) is 3. The van der Waals surface area contributed by atoms with Crippen LogP contribution in [0.5, 0.6) is 5.75 Å². The Morgan fingerprint density at radius 3 is 2.30 bits per heavy atom. The first-order chi connectivity index (χ1) is 15.9. The zero-order chi connectivity index (χ0) is 23.8. The van der Waals surface area contributed by atoms with Crippen molar-refractivity contribution in [2.24, 2.45) is 0 Å². The van der Waals surface area contributed by atoms with Crippen molar-refractivity contribution in [1.29, 1.82) is 0 Å². The van der Waals surface area contributed by atoms with Crippen LogP contribution < -0.4 is 20.7 Å². The highest BCUT2D eigenvalue weighted by atomic mass is 35.5. The number of anilines is 2. The highest BCUT2D eigenvalue weighted by Gasteiger charge is 2.20. The fraction of sp³-hybridized carbons (Fsp3) is 0.375. The van der Waals surface area contributed by atoms with Crippen molar-refractivity contribution in [3.63, 3.8) is 0 Å². The molecule has 0 heterocycles. The Balaban J connectivity index is 1.54. The lowest BCUT2D eigenvalue weighted by molar-refractivity contribution is -0.119. The number of ether oxygens (including phenoxy) is 1. The van der Waals surface area contributed by atoms with Gasteiger partial charge in [-0.3, -0.25) is 19.3 Å². The number of likely N-dealkylation sites (N-methyl/N-ethyl adjacent to an activating group) is 1. The third-order valence-electron chi connectivity index (χ3n) is 5.40. The fourth-order valence-corrected chi connectivity index (χ4v) is 4.00. The summed E-state index contributed by atoms with van der Waals surface area (Å²) in [7, 11) is 3.16. The van der Waals surface area contributed by atoms with E-state index in [1.54, 1.807) is 54.4 Å². The van der Waals surface area contributed by atoms with Crippen molar-refractivity contribution in [2.45, 2.75) is 31.7 Å². The molecule has 0 saturated heterocycles. The maximum atomic E-state index is 12.7. The SMILES string of the molecule is COc1ccc(Cl)cc1NC(=O)CN(C)CC(=O)Nc1ccccc1C(=O)NC1CCCC1. The fourth-order valence-electron chi connectivity index (χ4n) is 3.83. The quantitative estimate of drug-likeness (QED) is 0.518. The van der Waals surface area contributed by atoms with Gasteiger partial charge >= 0.3 is 0 Å². The molecule has 1 aliphatic rings. The van der Waals surface area contributed by atoms with Gasteiger partial charge in [0, 0.05) is 11.1 Å². The molecule has 2 aromatic carbocycles. The van der Waals surface area contributed by atoms with E-state index in [4.69, 9.17) is 16.3 Å². The molecule has 0 aromatic heterocycles. The van der Waals surface area contributed by atoms with E-state index in [1.165, 1.54) is 7.11 Å². The zero-order valence-electron chi connectivity index (χ0n) is 18.8. The third kappa shape index (κ3) is 7.20. The largest absolute Gasteiger partial charge is 0.495 e. The number of halogens is 1. The summed E-state index contributed by atoms with van der Waals surface area (Å²) in [5.74, 6) is -0.351. The van der Waals surface area contributed by atoms with Crippen LogP contribution in [0.1, 0.15) is 36.0 Å². The summed E-state index contributed by atoms with van der Waals surface area (Å²) in [4.78, 5) is 39.2. The molecule has 3 N–H and O–H groups in total. The molecule has 0 aliphatic heterocycles. The average molecular weight is 473 g/mol. The van der Waals surface area contributed by atoms with E-state index in [0.29, 0.717) is 27.7 Å². The molecular weight excluding hydrogens is 444 g/mol. The Hall–Kier alpha value is -3.10. The van der Waals surface area contributed by atoms with E-state index in [0.717, 1.165) is 25.7 Å². The molecule has 0 bridgehead atoms. The monoisotopic (exact) mass is 472 g/mol. The van der Waals surface area contributed by atoms with Gasteiger partial charge in [-0.2, -0.15) is 0 Å². The van der Waals surface area contributed by atoms with Gasteiger partial charge < -0.3 is 20.7 Å². The van der Waals surface area contributed by atoms with Crippen LogP contribution in [0.2, 0.25) is 5.02 Å². The second-order valence-corrected chi connectivity index (χ2v) is 8.55. The van der Waals surface area contributed by atoms with Crippen LogP contribution in [0.4, 0.5) is 11.4 Å². The standard InChI is InChI=1S/C24H29ClN4O4/c1-29(15-23(31)28-20-13-16(25)11-12-21(20)33-2)14-22(30)27-19-10-6-5-9-18(19)24(32)26-17-7-3-4-8-17/h5-6,9-13,17H,3-4,7-8,14-15H2,1-2H3,(H,26,32)(H,27,30)(H,28,31). The number of nitrogens with zero attached hydrogens (tertiary/aromatic N) is 1. The van der Waals surface area contributed by atoms with Crippen molar-refractivity contribution in [3.05, 3.63) is 53.1 Å². The summed E-state index contributed by atoms with van der Waals surface area (Å²) in [5, 5.41) is 9.03. The number of rotatable bonds is 9. The number of benzene rings is 2. The minimum atomic E-state index is -0.327. The molecule has 0 unspecified atom stereocenters. The van der Waals surface area contributed by atoms with Crippen LogP contribution in [0.3, 0.4) is 0 Å². The summed E-state index contributed by atoms with van der Waals surface area (Å²) in [6.07, 6.45) is 4.20. The number of carbonyl (C=O) groups is 3. The van der Waals surface area contributed by atoms with E-state index >= 15 is 0 Å². The molecule has 0 spiro atoms. The molecular formula is C24H29ClN4O4. The normalized spacial score (nSPS) is 13.6. The molecule has 2 aromatic rings. The highest BCUT2D eigenvalue weighted by Crippen LogP contribution is 2.27. The predicted molar refractivity (Wildman–Crippen MR) is 129 cm³/mol. The van der Waals surface area contributed by atoms with Crippen LogP contribution in [-0.2, 0) is 9.59 Å². The average Bonchev–Trinajstić information content (AvgIpc) is 3.27. The molecule has 0 atom stereocenters. The predicted octanol–water partition coefficient (Wildman–Crippen LogP) is 3.53. The molecule has 3 rings (SSSR count). The highest BCUT2D eigenvalue weighted by molar-refractivity contribution is 6.31. The van der Waals surface area contributed by atoms with E-state index in [9.17, 15) is 14.4 Å². The molecule has 3 amide bonds. The first-order valence-electron chi connectivity index (χ1n) is 10.9. The maximum absolute atomic E-state index is 12.7. The Morgan fingerprint density at radius 2 is 1.64 bits per heavy atom. The van der Waals surface area contributed by atoms with Crippen molar-refractivity contribution in [1.82, 2.24) is 10.2 Å². The summed E-state index contributed by atoms with van der Waals surface area (Å²) < 4.78 is 5.23. The van der Waals surface area contributed by atoms with Gasteiger partial charge in [-0.25, -0.2) is 0 Å². The lowest BCUT2D eigenvalue weighted by Crippen LogP contribution is -2.37.